The summed E-state index contributed by atoms with van der Waals surface area (Å²) in [6, 6.07) is 4.66. The highest BCUT2D eigenvalue weighted by atomic mass is 32.1. The van der Waals surface area contributed by atoms with Crippen LogP contribution in [-0.2, 0) is 6.42 Å². The highest BCUT2D eigenvalue weighted by molar-refractivity contribution is 7.12. The molecule has 0 radical (unpaired) electrons. The first kappa shape index (κ1) is 11.0. The molecular formula is C8H6F3NOS. The number of alkyl halides is 3. The number of aliphatic hydroxyl groups is 1. The van der Waals surface area contributed by atoms with Gasteiger partial charge in [-0.15, -0.1) is 11.3 Å². The number of rotatable bonds is 2. The maximum atomic E-state index is 11.9. The van der Waals surface area contributed by atoms with Crippen LogP contribution < -0.4 is 0 Å². The molecule has 0 bridgehead atoms. The molecule has 2 nitrogen and oxygen atoms in total. The van der Waals surface area contributed by atoms with E-state index >= 15 is 0 Å². The molecule has 0 aliphatic heterocycles. The minimum Gasteiger partial charge on any atom is -0.383 e. The Labute approximate surface area is 82.2 Å². The maximum Gasteiger partial charge on any atom is 0.414 e. The van der Waals surface area contributed by atoms with E-state index in [0.717, 1.165) is 11.3 Å². The minimum absolute atomic E-state index is 0.342. The van der Waals surface area contributed by atoms with Gasteiger partial charge in [-0.25, -0.2) is 0 Å². The van der Waals surface area contributed by atoms with E-state index in [9.17, 15) is 13.2 Å². The summed E-state index contributed by atoms with van der Waals surface area (Å²) in [5, 5.41) is 17.1. The molecule has 0 fully saturated rings. The van der Waals surface area contributed by atoms with Crippen molar-refractivity contribution in [2.45, 2.75) is 18.7 Å². The average Bonchev–Trinajstić information content (AvgIpc) is 2.50. The van der Waals surface area contributed by atoms with E-state index in [1.54, 1.807) is 0 Å². The lowest BCUT2D eigenvalue weighted by molar-refractivity contribution is -0.202. The Balaban J connectivity index is 2.66. The van der Waals surface area contributed by atoms with Crippen molar-refractivity contribution in [3.05, 3.63) is 21.9 Å². The van der Waals surface area contributed by atoms with Crippen molar-refractivity contribution >= 4 is 11.3 Å². The van der Waals surface area contributed by atoms with Gasteiger partial charge in [-0.3, -0.25) is 0 Å². The van der Waals surface area contributed by atoms with Gasteiger partial charge in [0.2, 0.25) is 0 Å². The fourth-order valence-corrected chi connectivity index (χ4v) is 1.70. The van der Waals surface area contributed by atoms with Crippen molar-refractivity contribution < 1.29 is 18.3 Å². The molecule has 0 aliphatic rings. The van der Waals surface area contributed by atoms with Gasteiger partial charge in [0.25, 0.3) is 0 Å². The van der Waals surface area contributed by atoms with E-state index < -0.39 is 18.7 Å². The van der Waals surface area contributed by atoms with Crippen molar-refractivity contribution in [3.8, 4) is 6.07 Å². The minimum atomic E-state index is -4.60. The molecule has 1 aromatic rings. The molecule has 0 saturated carbocycles. The van der Waals surface area contributed by atoms with Crippen LogP contribution in [0.15, 0.2) is 12.1 Å². The Kier molecular flexibility index (Phi) is 3.13. The molecule has 1 rings (SSSR count). The van der Waals surface area contributed by atoms with Crippen LogP contribution in [0.4, 0.5) is 13.2 Å². The first-order valence-corrected chi connectivity index (χ1v) is 4.48. The molecule has 76 valence electrons. The number of aliphatic hydroxyl groups excluding tert-OH is 1. The van der Waals surface area contributed by atoms with E-state index in [2.05, 4.69) is 0 Å². The van der Waals surface area contributed by atoms with Crippen LogP contribution in [0.25, 0.3) is 0 Å². The summed E-state index contributed by atoms with van der Waals surface area (Å²) in [6.07, 6.45) is -7.44. The predicted molar refractivity (Wildman–Crippen MR) is 44.8 cm³/mol. The Hall–Kier alpha value is -1.06. The van der Waals surface area contributed by atoms with Gasteiger partial charge in [-0.05, 0) is 12.1 Å². The van der Waals surface area contributed by atoms with Crippen molar-refractivity contribution in [1.82, 2.24) is 0 Å². The van der Waals surface area contributed by atoms with Gasteiger partial charge in [-0.2, -0.15) is 18.4 Å². The Bertz CT molecular complexity index is 352. The molecule has 1 aromatic heterocycles. The van der Waals surface area contributed by atoms with E-state index in [4.69, 9.17) is 10.4 Å². The number of nitriles is 1. The first-order chi connectivity index (χ1) is 6.43. The van der Waals surface area contributed by atoms with Crippen molar-refractivity contribution in [2.75, 3.05) is 0 Å². The molecule has 0 amide bonds. The van der Waals surface area contributed by atoms with Crippen LogP contribution in [-0.4, -0.2) is 17.4 Å². The number of hydrogen-bond acceptors (Lipinski definition) is 3. The monoisotopic (exact) mass is 221 g/mol. The molecule has 1 N–H and O–H groups in total. The number of thiophene rings is 1. The maximum absolute atomic E-state index is 11.9. The highest BCUT2D eigenvalue weighted by Crippen LogP contribution is 2.25. The van der Waals surface area contributed by atoms with Crippen molar-refractivity contribution in [1.29, 1.82) is 5.26 Å². The van der Waals surface area contributed by atoms with Gasteiger partial charge in [0.15, 0.2) is 6.10 Å². The summed E-state index contributed by atoms with van der Waals surface area (Å²) < 4.78 is 35.7. The van der Waals surface area contributed by atoms with Crippen LogP contribution >= 0.6 is 11.3 Å². The standard InChI is InChI=1S/C8H6F3NOS/c9-8(10,11)7(13)3-5-1-2-6(4-12)14-5/h1-2,7,13H,3H2. The fourth-order valence-electron chi connectivity index (χ4n) is 0.854. The van der Waals surface area contributed by atoms with Gasteiger partial charge in [0.05, 0.1) is 0 Å². The third-order valence-corrected chi connectivity index (χ3v) is 2.56. The number of nitrogens with zero attached hydrogens (tertiary/aromatic N) is 1. The molecule has 1 heterocycles. The normalized spacial score (nSPS) is 13.6. The largest absolute Gasteiger partial charge is 0.414 e. The van der Waals surface area contributed by atoms with E-state index in [1.165, 1.54) is 12.1 Å². The smallest absolute Gasteiger partial charge is 0.383 e. The zero-order valence-electron chi connectivity index (χ0n) is 6.88. The second kappa shape index (κ2) is 3.98. The summed E-state index contributed by atoms with van der Waals surface area (Å²) in [7, 11) is 0. The quantitative estimate of drug-likeness (QED) is 0.830. The lowest BCUT2D eigenvalue weighted by Crippen LogP contribution is -2.30. The number of hydrogen-bond donors (Lipinski definition) is 1. The highest BCUT2D eigenvalue weighted by Gasteiger charge is 2.38. The van der Waals surface area contributed by atoms with E-state index in [1.807, 2.05) is 6.07 Å². The van der Waals surface area contributed by atoms with Crippen molar-refractivity contribution in [3.63, 3.8) is 0 Å². The third-order valence-electron chi connectivity index (χ3n) is 1.54. The molecule has 0 aliphatic carbocycles. The first-order valence-electron chi connectivity index (χ1n) is 3.67. The zero-order chi connectivity index (χ0) is 10.8. The zero-order valence-corrected chi connectivity index (χ0v) is 7.69. The fraction of sp³-hybridized carbons (Fsp3) is 0.375. The summed E-state index contributed by atoms with van der Waals surface area (Å²) >= 11 is 0.956. The Morgan fingerprint density at radius 2 is 2.14 bits per heavy atom. The average molecular weight is 221 g/mol. The Morgan fingerprint density at radius 1 is 1.50 bits per heavy atom. The van der Waals surface area contributed by atoms with Crippen LogP contribution in [0, 0.1) is 11.3 Å². The van der Waals surface area contributed by atoms with Gasteiger partial charge in [0.1, 0.15) is 10.9 Å². The second-order valence-electron chi connectivity index (χ2n) is 2.64. The molecular weight excluding hydrogens is 215 g/mol. The predicted octanol–water partition coefficient (Wildman–Crippen LogP) is 2.09. The molecule has 0 aromatic carbocycles. The Morgan fingerprint density at radius 3 is 2.57 bits per heavy atom. The van der Waals surface area contributed by atoms with Crippen molar-refractivity contribution in [2.24, 2.45) is 0 Å². The summed E-state index contributed by atoms with van der Waals surface area (Å²) in [5.74, 6) is 0. The summed E-state index contributed by atoms with van der Waals surface area (Å²) in [4.78, 5) is 0.695. The molecule has 0 saturated heterocycles. The molecule has 1 atom stereocenters. The van der Waals surface area contributed by atoms with Crippen LogP contribution in [0.1, 0.15) is 9.75 Å². The molecule has 6 heteroatoms. The SMILES string of the molecule is N#Cc1ccc(CC(O)C(F)(F)F)s1. The van der Waals surface area contributed by atoms with Crippen LogP contribution in [0.5, 0.6) is 0 Å². The summed E-state index contributed by atoms with van der Waals surface area (Å²) in [6.45, 7) is 0. The summed E-state index contributed by atoms with van der Waals surface area (Å²) in [5.41, 5.74) is 0. The lowest BCUT2D eigenvalue weighted by Gasteiger charge is -2.12. The van der Waals surface area contributed by atoms with E-state index in [0.29, 0.717) is 9.75 Å². The second-order valence-corrected chi connectivity index (χ2v) is 3.81. The van der Waals surface area contributed by atoms with Crippen LogP contribution in [0.3, 0.4) is 0 Å². The molecule has 0 spiro atoms. The van der Waals surface area contributed by atoms with Gasteiger partial charge >= 0.3 is 6.18 Å². The topological polar surface area (TPSA) is 44.0 Å². The number of halogens is 3. The van der Waals surface area contributed by atoms with Gasteiger partial charge in [0, 0.05) is 11.3 Å². The van der Waals surface area contributed by atoms with Gasteiger partial charge in [-0.1, -0.05) is 0 Å². The van der Waals surface area contributed by atoms with E-state index in [-0.39, 0.29) is 0 Å². The third kappa shape index (κ3) is 2.72. The molecule has 14 heavy (non-hydrogen) atoms. The molecule has 1 unspecified atom stereocenters. The van der Waals surface area contributed by atoms with Crippen LogP contribution in [0.2, 0.25) is 0 Å². The van der Waals surface area contributed by atoms with Gasteiger partial charge < -0.3 is 5.11 Å². The lowest BCUT2D eigenvalue weighted by atomic mass is 10.2.